The zero-order chi connectivity index (χ0) is 24.9. The van der Waals surface area contributed by atoms with E-state index < -0.39 is 0 Å². The van der Waals surface area contributed by atoms with Crippen LogP contribution in [0, 0.1) is 13.8 Å². The highest BCUT2D eigenvalue weighted by molar-refractivity contribution is 5.93. The molecule has 0 saturated heterocycles. The first kappa shape index (κ1) is 24.2. The van der Waals surface area contributed by atoms with Crippen LogP contribution in [0.15, 0.2) is 59.0 Å². The number of ether oxygens (including phenoxy) is 2. The molecule has 3 aromatic rings. The summed E-state index contributed by atoms with van der Waals surface area (Å²) >= 11 is 0. The Balaban J connectivity index is 1.52. The Morgan fingerprint density at radius 1 is 0.971 bits per heavy atom. The molecule has 184 valence electrons. The number of hydrogen-bond donors (Lipinski definition) is 1. The topological polar surface area (TPSA) is 84.2 Å². The second-order valence-corrected chi connectivity index (χ2v) is 8.92. The van der Waals surface area contributed by atoms with Crippen LogP contribution in [-0.4, -0.2) is 41.1 Å². The average molecular weight is 478 g/mol. The van der Waals surface area contributed by atoms with Gasteiger partial charge in [0.1, 0.15) is 18.1 Å². The Labute approximate surface area is 205 Å². The van der Waals surface area contributed by atoms with E-state index in [0.717, 1.165) is 22.6 Å². The molecule has 3 amide bonds. The van der Waals surface area contributed by atoms with Gasteiger partial charge in [0.2, 0.25) is 12.7 Å². The van der Waals surface area contributed by atoms with Gasteiger partial charge in [-0.2, -0.15) is 0 Å². The average Bonchev–Trinajstić information content (AvgIpc) is 3.46. The number of nitrogens with one attached hydrogen (secondary N) is 1. The molecule has 1 N–H and O–H groups in total. The minimum absolute atomic E-state index is 0.0698. The molecule has 1 aromatic heterocycles. The van der Waals surface area contributed by atoms with Crippen LogP contribution >= 0.6 is 0 Å². The number of rotatable bonds is 8. The number of aryl methyl sites for hydroxylation is 2. The van der Waals surface area contributed by atoms with E-state index in [1.807, 2.05) is 82.3 Å². The van der Waals surface area contributed by atoms with Crippen molar-refractivity contribution < 1.29 is 23.5 Å². The molecule has 0 radical (unpaired) electrons. The number of hydrogen-bond acceptors (Lipinski definition) is 5. The van der Waals surface area contributed by atoms with Crippen LogP contribution < -0.4 is 14.8 Å². The molecule has 2 aromatic carbocycles. The highest BCUT2D eigenvalue weighted by Gasteiger charge is 2.25. The lowest BCUT2D eigenvalue weighted by Gasteiger charge is -2.30. The van der Waals surface area contributed by atoms with Gasteiger partial charge in [-0.25, -0.2) is 4.79 Å². The molecule has 0 atom stereocenters. The fraction of sp³-hybridized carbons (Fsp3) is 0.333. The SMILES string of the molecule is Cc1ccc(CN(Cc2ccc3c(c2)OCO3)C(=O)CN(C(=O)Nc2ccccc2C)C(C)C)o1. The van der Waals surface area contributed by atoms with Gasteiger partial charge < -0.3 is 29.0 Å². The summed E-state index contributed by atoms with van der Waals surface area (Å²) in [6.45, 7) is 8.31. The van der Waals surface area contributed by atoms with Crippen molar-refractivity contribution in [1.29, 1.82) is 0 Å². The fourth-order valence-corrected chi connectivity index (χ4v) is 3.88. The van der Waals surface area contributed by atoms with Crippen molar-refractivity contribution in [3.8, 4) is 11.5 Å². The van der Waals surface area contributed by atoms with Crippen LogP contribution in [0.25, 0.3) is 0 Å². The summed E-state index contributed by atoms with van der Waals surface area (Å²) in [7, 11) is 0. The summed E-state index contributed by atoms with van der Waals surface area (Å²) in [4.78, 5) is 29.9. The number of anilines is 1. The zero-order valence-corrected chi connectivity index (χ0v) is 20.5. The van der Waals surface area contributed by atoms with Crippen molar-refractivity contribution in [2.75, 3.05) is 18.7 Å². The number of amides is 3. The summed E-state index contributed by atoms with van der Waals surface area (Å²) in [5.74, 6) is 2.61. The monoisotopic (exact) mass is 477 g/mol. The van der Waals surface area contributed by atoms with E-state index in [1.54, 1.807) is 4.90 Å². The summed E-state index contributed by atoms with van der Waals surface area (Å²) in [5, 5.41) is 2.93. The van der Waals surface area contributed by atoms with Crippen LogP contribution in [0.5, 0.6) is 11.5 Å². The lowest BCUT2D eigenvalue weighted by Crippen LogP contribution is -2.47. The Kier molecular flexibility index (Phi) is 7.29. The molecule has 0 spiro atoms. The molecule has 0 saturated carbocycles. The lowest BCUT2D eigenvalue weighted by atomic mass is 10.1. The fourth-order valence-electron chi connectivity index (χ4n) is 3.88. The molecule has 0 bridgehead atoms. The molecule has 4 rings (SSSR count). The first-order valence-electron chi connectivity index (χ1n) is 11.6. The number of nitrogens with zero attached hydrogens (tertiary/aromatic N) is 2. The van der Waals surface area contributed by atoms with Gasteiger partial charge in [0.05, 0.1) is 6.54 Å². The second kappa shape index (κ2) is 10.5. The van der Waals surface area contributed by atoms with E-state index >= 15 is 0 Å². The van der Waals surface area contributed by atoms with Crippen molar-refractivity contribution >= 4 is 17.6 Å². The van der Waals surface area contributed by atoms with Crippen molar-refractivity contribution in [3.63, 3.8) is 0 Å². The summed E-state index contributed by atoms with van der Waals surface area (Å²) in [5.41, 5.74) is 2.57. The van der Waals surface area contributed by atoms with Gasteiger partial charge in [0, 0.05) is 18.3 Å². The van der Waals surface area contributed by atoms with E-state index in [1.165, 1.54) is 4.90 Å². The maximum absolute atomic E-state index is 13.5. The third-order valence-corrected chi connectivity index (χ3v) is 5.88. The van der Waals surface area contributed by atoms with Crippen LogP contribution in [0.3, 0.4) is 0 Å². The number of furan rings is 1. The second-order valence-electron chi connectivity index (χ2n) is 8.92. The normalized spacial score (nSPS) is 12.0. The maximum Gasteiger partial charge on any atom is 0.322 e. The molecule has 35 heavy (non-hydrogen) atoms. The molecule has 1 aliphatic heterocycles. The molecular formula is C27H31N3O5. The molecule has 0 unspecified atom stereocenters. The van der Waals surface area contributed by atoms with E-state index in [2.05, 4.69) is 5.32 Å². The molecule has 8 nitrogen and oxygen atoms in total. The molecule has 2 heterocycles. The van der Waals surface area contributed by atoms with Gasteiger partial charge in [-0.1, -0.05) is 24.3 Å². The Morgan fingerprint density at radius 3 is 2.46 bits per heavy atom. The largest absolute Gasteiger partial charge is 0.464 e. The zero-order valence-electron chi connectivity index (χ0n) is 20.5. The van der Waals surface area contributed by atoms with Crippen LogP contribution in [0.4, 0.5) is 10.5 Å². The Hall–Kier alpha value is -3.94. The Bertz CT molecular complexity index is 1200. The Morgan fingerprint density at radius 2 is 1.74 bits per heavy atom. The van der Waals surface area contributed by atoms with Gasteiger partial charge in [0.15, 0.2) is 11.5 Å². The van der Waals surface area contributed by atoms with E-state index in [9.17, 15) is 9.59 Å². The number of para-hydroxylation sites is 1. The number of benzene rings is 2. The van der Waals surface area contributed by atoms with Gasteiger partial charge >= 0.3 is 6.03 Å². The molecular weight excluding hydrogens is 446 g/mol. The first-order valence-corrected chi connectivity index (χ1v) is 11.6. The maximum atomic E-state index is 13.5. The standard InChI is InChI=1S/C27H31N3O5/c1-18(2)30(27(32)28-23-8-6-5-7-19(23)3)16-26(31)29(15-22-11-9-20(4)35-22)14-21-10-12-24-25(13-21)34-17-33-24/h5-13,18H,14-17H2,1-4H3,(H,28,32). The smallest absolute Gasteiger partial charge is 0.322 e. The summed E-state index contributed by atoms with van der Waals surface area (Å²) < 4.78 is 16.6. The number of fused-ring (bicyclic) bond motifs is 1. The summed E-state index contributed by atoms with van der Waals surface area (Å²) in [6, 6.07) is 16.4. The highest BCUT2D eigenvalue weighted by Crippen LogP contribution is 2.33. The third-order valence-electron chi connectivity index (χ3n) is 5.88. The predicted molar refractivity (Wildman–Crippen MR) is 132 cm³/mol. The van der Waals surface area contributed by atoms with Crippen molar-refractivity contribution in [2.24, 2.45) is 0 Å². The first-order chi connectivity index (χ1) is 16.8. The van der Waals surface area contributed by atoms with Gasteiger partial charge in [-0.05, 0) is 69.2 Å². The minimum Gasteiger partial charge on any atom is -0.464 e. The number of urea groups is 1. The van der Waals surface area contributed by atoms with Crippen LogP contribution in [0.1, 0.15) is 36.5 Å². The number of carbonyl (C=O) groups excluding carboxylic acids is 2. The summed E-state index contributed by atoms with van der Waals surface area (Å²) in [6.07, 6.45) is 0. The van der Waals surface area contributed by atoms with E-state index in [4.69, 9.17) is 13.9 Å². The third kappa shape index (κ3) is 5.95. The molecule has 8 heteroatoms. The predicted octanol–water partition coefficient (Wildman–Crippen LogP) is 5.10. The van der Waals surface area contributed by atoms with Crippen molar-refractivity contribution in [1.82, 2.24) is 9.80 Å². The number of carbonyl (C=O) groups is 2. The van der Waals surface area contributed by atoms with Crippen molar-refractivity contribution in [2.45, 2.75) is 46.8 Å². The minimum atomic E-state index is -0.320. The van der Waals surface area contributed by atoms with Gasteiger partial charge in [0.25, 0.3) is 0 Å². The molecule has 1 aliphatic rings. The van der Waals surface area contributed by atoms with Gasteiger partial charge in [-0.15, -0.1) is 0 Å². The van der Waals surface area contributed by atoms with E-state index in [0.29, 0.717) is 23.8 Å². The van der Waals surface area contributed by atoms with Gasteiger partial charge in [-0.3, -0.25) is 4.79 Å². The van der Waals surface area contributed by atoms with Crippen molar-refractivity contribution in [3.05, 3.63) is 77.2 Å². The lowest BCUT2D eigenvalue weighted by molar-refractivity contribution is -0.133. The van der Waals surface area contributed by atoms with Crippen LogP contribution in [-0.2, 0) is 17.9 Å². The molecule has 0 aliphatic carbocycles. The van der Waals surface area contributed by atoms with Crippen LogP contribution in [0.2, 0.25) is 0 Å². The molecule has 0 fully saturated rings. The quantitative estimate of drug-likeness (QED) is 0.488. The highest BCUT2D eigenvalue weighted by atomic mass is 16.7. The van der Waals surface area contributed by atoms with E-state index in [-0.39, 0.29) is 37.9 Å².